The average molecular weight is 234 g/mol. The van der Waals surface area contributed by atoms with Crippen LogP contribution >= 0.6 is 0 Å². The molecule has 1 fully saturated rings. The molecule has 15 heavy (non-hydrogen) atoms. The topological polar surface area (TPSA) is 27.6 Å². The van der Waals surface area contributed by atoms with E-state index in [2.05, 4.69) is 40.4 Å². The molecule has 0 heterocycles. The average Bonchev–Trinajstić information content (AvgIpc) is 1.75. The van der Waals surface area contributed by atoms with E-state index in [1.807, 2.05) is 0 Å². The van der Waals surface area contributed by atoms with Crippen molar-refractivity contribution in [2.45, 2.75) is 72.3 Å². The molecule has 0 aliphatic heterocycles. The third kappa shape index (κ3) is 4.32. The van der Waals surface area contributed by atoms with Crippen LogP contribution < -0.4 is 18.1 Å². The first-order valence-corrected chi connectivity index (χ1v) is 6.04. The van der Waals surface area contributed by atoms with Crippen molar-refractivity contribution in [2.24, 2.45) is 10.8 Å². The lowest BCUT2D eigenvalue weighted by Crippen LogP contribution is -3.00. The molecule has 0 bridgehead atoms. The van der Waals surface area contributed by atoms with Crippen LogP contribution in [0.4, 0.5) is 0 Å². The summed E-state index contributed by atoms with van der Waals surface area (Å²) in [7, 11) is 0. The van der Waals surface area contributed by atoms with E-state index >= 15 is 0 Å². The van der Waals surface area contributed by atoms with Crippen LogP contribution in [0.5, 0.6) is 0 Å². The minimum absolute atomic E-state index is 0. The van der Waals surface area contributed by atoms with Gasteiger partial charge < -0.3 is 18.1 Å². The van der Waals surface area contributed by atoms with Crippen LogP contribution in [0.1, 0.15) is 66.7 Å². The third-order valence-electron chi connectivity index (χ3n) is 3.44. The van der Waals surface area contributed by atoms with E-state index in [9.17, 15) is 0 Å². The van der Waals surface area contributed by atoms with E-state index in [-0.39, 0.29) is 12.4 Å². The van der Waals surface area contributed by atoms with Gasteiger partial charge in [-0.2, -0.15) is 0 Å². The number of hydrogen-bond acceptors (Lipinski definition) is 0. The Bertz CT molecular complexity index is 193. The Balaban J connectivity index is 0.00000196. The van der Waals surface area contributed by atoms with Crippen molar-refractivity contribution in [1.82, 2.24) is 0 Å². The first kappa shape index (κ1) is 15.2. The van der Waals surface area contributed by atoms with Crippen molar-refractivity contribution in [3.63, 3.8) is 0 Å². The second kappa shape index (κ2) is 4.63. The summed E-state index contributed by atoms with van der Waals surface area (Å²) < 4.78 is 0. The van der Waals surface area contributed by atoms with Gasteiger partial charge in [0.05, 0.1) is 5.54 Å². The molecule has 0 unspecified atom stereocenters. The van der Waals surface area contributed by atoms with Gasteiger partial charge in [0.15, 0.2) is 0 Å². The molecule has 0 aromatic carbocycles. The van der Waals surface area contributed by atoms with Crippen LogP contribution in [-0.2, 0) is 0 Å². The minimum Gasteiger partial charge on any atom is -1.00 e. The highest BCUT2D eigenvalue weighted by Gasteiger charge is 2.47. The molecule has 0 amide bonds. The quantitative estimate of drug-likeness (QED) is 0.696. The molecule has 0 aromatic rings. The smallest absolute Gasteiger partial charge is 0.0956 e. The van der Waals surface area contributed by atoms with Gasteiger partial charge in [-0.15, -0.1) is 0 Å². The van der Waals surface area contributed by atoms with E-state index in [4.69, 9.17) is 0 Å². The van der Waals surface area contributed by atoms with Crippen molar-refractivity contribution in [3.05, 3.63) is 0 Å². The standard InChI is InChI=1S/C13H27N.ClH/c1-6-7-13(14)9-11(2,3)8-12(4,5)10-13;/h6-10,14H2,1-5H3;1H. The van der Waals surface area contributed by atoms with E-state index in [1.54, 1.807) is 0 Å². The molecular weight excluding hydrogens is 206 g/mol. The van der Waals surface area contributed by atoms with E-state index in [0.29, 0.717) is 16.4 Å². The second-order valence-corrected chi connectivity index (χ2v) is 7.11. The lowest BCUT2D eigenvalue weighted by Gasteiger charge is -2.48. The molecule has 0 spiro atoms. The molecule has 3 N–H and O–H groups in total. The predicted molar refractivity (Wildman–Crippen MR) is 61.9 cm³/mol. The SMILES string of the molecule is CCCC1([NH3+])CC(C)(C)CC(C)(C)C1.[Cl-]. The summed E-state index contributed by atoms with van der Waals surface area (Å²) in [6.07, 6.45) is 6.52. The first-order valence-electron chi connectivity index (χ1n) is 6.04. The molecule has 0 aromatic heterocycles. The highest BCUT2D eigenvalue weighted by atomic mass is 35.5. The zero-order chi connectivity index (χ0) is 11.0. The molecule has 92 valence electrons. The maximum absolute atomic E-state index is 4.51. The molecule has 1 aliphatic carbocycles. The summed E-state index contributed by atoms with van der Waals surface area (Å²) in [4.78, 5) is 0. The Labute approximate surface area is 102 Å². The fourth-order valence-corrected chi connectivity index (χ4v) is 4.22. The summed E-state index contributed by atoms with van der Waals surface area (Å²) in [6, 6.07) is 0. The van der Waals surface area contributed by atoms with Crippen molar-refractivity contribution >= 4 is 0 Å². The molecule has 0 saturated heterocycles. The maximum atomic E-state index is 4.51. The lowest BCUT2D eigenvalue weighted by atomic mass is 9.58. The Morgan fingerprint density at radius 3 is 1.67 bits per heavy atom. The van der Waals surface area contributed by atoms with Gasteiger partial charge in [-0.3, -0.25) is 0 Å². The molecule has 0 radical (unpaired) electrons. The van der Waals surface area contributed by atoms with Crippen molar-refractivity contribution in [1.29, 1.82) is 0 Å². The van der Waals surface area contributed by atoms with Crippen LogP contribution in [0.2, 0.25) is 0 Å². The molecule has 1 aliphatic rings. The van der Waals surface area contributed by atoms with Crippen LogP contribution in [0, 0.1) is 10.8 Å². The summed E-state index contributed by atoms with van der Waals surface area (Å²) in [5, 5.41) is 0. The van der Waals surface area contributed by atoms with Gasteiger partial charge in [-0.25, -0.2) is 0 Å². The molecular formula is C13H28ClN. The zero-order valence-corrected chi connectivity index (χ0v) is 11.9. The van der Waals surface area contributed by atoms with Gasteiger partial charge in [-0.1, -0.05) is 41.0 Å². The fraction of sp³-hybridized carbons (Fsp3) is 1.00. The van der Waals surface area contributed by atoms with Crippen LogP contribution in [0.3, 0.4) is 0 Å². The molecule has 0 atom stereocenters. The largest absolute Gasteiger partial charge is 1.00 e. The van der Waals surface area contributed by atoms with Crippen molar-refractivity contribution in [2.75, 3.05) is 0 Å². The highest BCUT2D eigenvalue weighted by molar-refractivity contribution is 4.96. The fourth-order valence-electron chi connectivity index (χ4n) is 4.22. The molecule has 1 saturated carbocycles. The van der Waals surface area contributed by atoms with Gasteiger partial charge in [0.1, 0.15) is 0 Å². The zero-order valence-electron chi connectivity index (χ0n) is 11.1. The maximum Gasteiger partial charge on any atom is 0.0956 e. The molecule has 1 nitrogen and oxygen atoms in total. The Morgan fingerprint density at radius 2 is 1.33 bits per heavy atom. The van der Waals surface area contributed by atoms with Crippen LogP contribution in [0.25, 0.3) is 0 Å². The van der Waals surface area contributed by atoms with Gasteiger partial charge in [0.25, 0.3) is 0 Å². The van der Waals surface area contributed by atoms with Gasteiger partial charge in [-0.05, 0) is 17.3 Å². The Morgan fingerprint density at radius 1 is 0.933 bits per heavy atom. The lowest BCUT2D eigenvalue weighted by molar-refractivity contribution is -0.497. The highest BCUT2D eigenvalue weighted by Crippen LogP contribution is 2.49. The molecule has 1 rings (SSSR count). The Kier molecular flexibility index (Phi) is 4.71. The summed E-state index contributed by atoms with van der Waals surface area (Å²) >= 11 is 0. The summed E-state index contributed by atoms with van der Waals surface area (Å²) in [5.41, 5.74) is 5.83. The number of hydrogen-bond donors (Lipinski definition) is 1. The van der Waals surface area contributed by atoms with Crippen LogP contribution in [-0.4, -0.2) is 5.54 Å². The Hall–Kier alpha value is 0.250. The number of rotatable bonds is 2. The predicted octanol–water partition coefficient (Wildman–Crippen LogP) is 0.00750. The minimum atomic E-state index is 0. The molecule has 2 heteroatoms. The van der Waals surface area contributed by atoms with E-state index in [1.165, 1.54) is 32.1 Å². The van der Waals surface area contributed by atoms with Gasteiger partial charge in [0.2, 0.25) is 0 Å². The normalized spacial score (nSPS) is 26.8. The van der Waals surface area contributed by atoms with Crippen LogP contribution in [0.15, 0.2) is 0 Å². The number of quaternary nitrogens is 1. The summed E-state index contributed by atoms with van der Waals surface area (Å²) in [6.45, 7) is 11.9. The van der Waals surface area contributed by atoms with E-state index in [0.717, 1.165) is 0 Å². The third-order valence-corrected chi connectivity index (χ3v) is 3.44. The first-order chi connectivity index (χ1) is 6.18. The number of halogens is 1. The van der Waals surface area contributed by atoms with Gasteiger partial charge >= 0.3 is 0 Å². The monoisotopic (exact) mass is 233 g/mol. The van der Waals surface area contributed by atoms with E-state index < -0.39 is 0 Å². The second-order valence-electron chi connectivity index (χ2n) is 7.11. The van der Waals surface area contributed by atoms with Crippen molar-refractivity contribution in [3.8, 4) is 0 Å². The van der Waals surface area contributed by atoms with Crippen molar-refractivity contribution < 1.29 is 18.1 Å². The van der Waals surface area contributed by atoms with Gasteiger partial charge in [0, 0.05) is 19.3 Å². The summed E-state index contributed by atoms with van der Waals surface area (Å²) in [5.74, 6) is 0.